The summed E-state index contributed by atoms with van der Waals surface area (Å²) in [6.45, 7) is 0. The lowest BCUT2D eigenvalue weighted by atomic mass is 10.4. The smallest absolute Gasteiger partial charge is 0.176 e. The molecule has 0 unspecified atom stereocenters. The molecule has 14 heavy (non-hydrogen) atoms. The third kappa shape index (κ3) is 1.58. The Morgan fingerprint density at radius 2 is 2.29 bits per heavy atom. The summed E-state index contributed by atoms with van der Waals surface area (Å²) in [4.78, 5) is 8.75. The molecule has 74 valence electrons. The lowest BCUT2D eigenvalue weighted by molar-refractivity contribution is -0.304. The van der Waals surface area contributed by atoms with Gasteiger partial charge in [0.1, 0.15) is 5.15 Å². The number of rotatable bonds is 1. The lowest BCUT2D eigenvalue weighted by Crippen LogP contribution is -2.23. The molecule has 0 saturated heterocycles. The predicted molar refractivity (Wildman–Crippen MR) is 48.7 cm³/mol. The van der Waals surface area contributed by atoms with E-state index < -0.39 is 0 Å². The van der Waals surface area contributed by atoms with Gasteiger partial charge in [-0.3, -0.25) is 5.21 Å². The highest BCUT2D eigenvalue weighted by Crippen LogP contribution is 2.20. The summed E-state index contributed by atoms with van der Waals surface area (Å²) in [5.41, 5.74) is 5.35. The van der Waals surface area contributed by atoms with Gasteiger partial charge in [-0.1, -0.05) is 22.9 Å². The summed E-state index contributed by atoms with van der Waals surface area (Å²) < 4.78 is 0. The van der Waals surface area contributed by atoms with E-state index in [-0.39, 0.29) is 5.82 Å². The van der Waals surface area contributed by atoms with E-state index in [0.717, 1.165) is 0 Å². The first-order chi connectivity index (χ1) is 6.66. The molecule has 1 aromatic heterocycles. The summed E-state index contributed by atoms with van der Waals surface area (Å²) >= 11 is 5.67. The molecule has 1 aromatic rings. The minimum atomic E-state index is 0.0618. The van der Waals surface area contributed by atoms with Crippen LogP contribution in [0.2, 0.25) is 5.15 Å². The van der Waals surface area contributed by atoms with Crippen LogP contribution >= 0.6 is 11.6 Å². The Kier molecular flexibility index (Phi) is 2.16. The zero-order valence-corrected chi connectivity index (χ0v) is 7.72. The van der Waals surface area contributed by atoms with Gasteiger partial charge in [-0.2, -0.15) is 5.06 Å². The fraction of sp³-hybridized carbons (Fsp3) is 0. The van der Waals surface area contributed by atoms with Crippen molar-refractivity contribution in [2.45, 2.75) is 0 Å². The standard InChI is InChI=1S/C7H7ClN4O2/c8-5-2-1-3-7(10-5)11-4-6(9)12(13)14-11/h1-4,13H,9H2. The maximum atomic E-state index is 9.01. The van der Waals surface area contributed by atoms with E-state index in [4.69, 9.17) is 27.5 Å². The number of nitrogens with two attached hydrogens (primary N) is 1. The highest BCUT2D eigenvalue weighted by atomic mass is 35.5. The van der Waals surface area contributed by atoms with E-state index >= 15 is 0 Å². The van der Waals surface area contributed by atoms with Gasteiger partial charge in [-0.25, -0.2) is 4.98 Å². The van der Waals surface area contributed by atoms with Gasteiger partial charge in [0.2, 0.25) is 0 Å². The molecule has 6 nitrogen and oxygen atoms in total. The van der Waals surface area contributed by atoms with Gasteiger partial charge in [-0.15, -0.1) is 4.94 Å². The largest absolute Gasteiger partial charge is 0.380 e. The van der Waals surface area contributed by atoms with Crippen molar-refractivity contribution in [2.75, 3.05) is 5.06 Å². The maximum Gasteiger partial charge on any atom is 0.176 e. The summed E-state index contributed by atoms with van der Waals surface area (Å²) in [6.07, 6.45) is 1.37. The third-order valence-electron chi connectivity index (χ3n) is 1.56. The number of hydrogen-bond acceptors (Lipinski definition) is 6. The van der Waals surface area contributed by atoms with Crippen molar-refractivity contribution in [3.63, 3.8) is 0 Å². The molecule has 0 spiro atoms. The van der Waals surface area contributed by atoms with Crippen LogP contribution in [0.15, 0.2) is 30.2 Å². The van der Waals surface area contributed by atoms with Gasteiger partial charge in [-0.05, 0) is 12.1 Å². The highest BCUT2D eigenvalue weighted by molar-refractivity contribution is 6.29. The van der Waals surface area contributed by atoms with Crippen molar-refractivity contribution in [3.05, 3.63) is 35.4 Å². The fourth-order valence-electron chi connectivity index (χ4n) is 0.952. The predicted octanol–water partition coefficient (Wildman–Crippen LogP) is 0.850. The number of hydrogen-bond donors (Lipinski definition) is 2. The Morgan fingerprint density at radius 1 is 1.50 bits per heavy atom. The van der Waals surface area contributed by atoms with Crippen molar-refractivity contribution in [1.29, 1.82) is 0 Å². The Hall–Kier alpha value is -1.50. The second kappa shape index (κ2) is 3.33. The molecule has 2 heterocycles. The van der Waals surface area contributed by atoms with Gasteiger partial charge >= 0.3 is 0 Å². The molecule has 1 aliphatic rings. The maximum absolute atomic E-state index is 9.01. The van der Waals surface area contributed by atoms with E-state index in [2.05, 4.69) is 4.98 Å². The van der Waals surface area contributed by atoms with Crippen LogP contribution in [-0.2, 0) is 4.94 Å². The molecule has 7 heteroatoms. The first-order valence-corrected chi connectivity index (χ1v) is 4.11. The molecule has 0 atom stereocenters. The normalized spacial score (nSPS) is 16.0. The van der Waals surface area contributed by atoms with Gasteiger partial charge in [0.25, 0.3) is 0 Å². The number of aromatic nitrogens is 1. The van der Waals surface area contributed by atoms with E-state index in [9.17, 15) is 0 Å². The van der Waals surface area contributed by atoms with Crippen LogP contribution in [-0.4, -0.2) is 15.4 Å². The van der Waals surface area contributed by atoms with Crippen LogP contribution in [0.4, 0.5) is 5.82 Å². The Morgan fingerprint density at radius 3 is 2.86 bits per heavy atom. The molecule has 0 amide bonds. The van der Waals surface area contributed by atoms with Crippen molar-refractivity contribution in [3.8, 4) is 0 Å². The molecule has 2 rings (SSSR count). The van der Waals surface area contributed by atoms with Crippen molar-refractivity contribution in [1.82, 2.24) is 10.2 Å². The first kappa shape index (κ1) is 9.07. The monoisotopic (exact) mass is 214 g/mol. The topological polar surface area (TPSA) is 74.8 Å². The summed E-state index contributed by atoms with van der Waals surface area (Å²) in [5.74, 6) is 0.490. The molecule has 0 aliphatic carbocycles. The number of halogens is 1. The Balaban J connectivity index is 2.26. The summed E-state index contributed by atoms with van der Waals surface area (Å²) in [6, 6.07) is 5.00. The minimum absolute atomic E-state index is 0.0618. The molecule has 1 aliphatic heterocycles. The van der Waals surface area contributed by atoms with Crippen LogP contribution in [0.3, 0.4) is 0 Å². The van der Waals surface area contributed by atoms with E-state index in [1.807, 2.05) is 0 Å². The molecule has 0 fully saturated rings. The number of hydroxylamine groups is 3. The molecular weight excluding hydrogens is 208 g/mol. The Labute approximate surface area is 84.6 Å². The number of anilines is 1. The number of pyridine rings is 1. The summed E-state index contributed by atoms with van der Waals surface area (Å²) in [7, 11) is 0. The molecule has 0 saturated carbocycles. The van der Waals surface area contributed by atoms with Crippen LogP contribution in [0.5, 0.6) is 0 Å². The fourth-order valence-corrected chi connectivity index (χ4v) is 1.11. The van der Waals surface area contributed by atoms with Crippen molar-refractivity contribution < 1.29 is 10.1 Å². The van der Waals surface area contributed by atoms with Crippen LogP contribution in [0.1, 0.15) is 0 Å². The second-order valence-corrected chi connectivity index (χ2v) is 2.94. The molecule has 0 bridgehead atoms. The molecule has 0 radical (unpaired) electrons. The SMILES string of the molecule is NC1=CN(c2cccc(Cl)n2)ON1O. The van der Waals surface area contributed by atoms with Crippen LogP contribution in [0, 0.1) is 0 Å². The van der Waals surface area contributed by atoms with Crippen molar-refractivity contribution in [2.24, 2.45) is 5.73 Å². The van der Waals surface area contributed by atoms with Gasteiger partial charge in [0.15, 0.2) is 11.6 Å². The van der Waals surface area contributed by atoms with E-state index in [0.29, 0.717) is 16.2 Å². The third-order valence-corrected chi connectivity index (χ3v) is 1.77. The highest BCUT2D eigenvalue weighted by Gasteiger charge is 2.20. The lowest BCUT2D eigenvalue weighted by Gasteiger charge is -2.13. The Bertz CT molecular complexity index is 384. The molecular formula is C7H7ClN4O2. The average molecular weight is 215 g/mol. The first-order valence-electron chi connectivity index (χ1n) is 3.73. The number of nitrogens with zero attached hydrogens (tertiary/aromatic N) is 3. The van der Waals surface area contributed by atoms with E-state index in [1.54, 1.807) is 18.2 Å². The molecule has 3 N–H and O–H groups in total. The average Bonchev–Trinajstić information content (AvgIpc) is 2.47. The summed E-state index contributed by atoms with van der Waals surface area (Å²) in [5, 5.41) is 11.0. The van der Waals surface area contributed by atoms with Gasteiger partial charge in [0.05, 0.1) is 6.20 Å². The zero-order chi connectivity index (χ0) is 10.1. The van der Waals surface area contributed by atoms with Gasteiger partial charge in [0, 0.05) is 0 Å². The second-order valence-electron chi connectivity index (χ2n) is 2.55. The zero-order valence-electron chi connectivity index (χ0n) is 6.96. The van der Waals surface area contributed by atoms with Gasteiger partial charge < -0.3 is 5.73 Å². The minimum Gasteiger partial charge on any atom is -0.380 e. The molecule has 0 aromatic carbocycles. The van der Waals surface area contributed by atoms with Crippen LogP contribution < -0.4 is 10.8 Å². The van der Waals surface area contributed by atoms with Crippen LogP contribution in [0.25, 0.3) is 0 Å². The van der Waals surface area contributed by atoms with Crippen molar-refractivity contribution >= 4 is 17.4 Å². The van der Waals surface area contributed by atoms with E-state index in [1.165, 1.54) is 11.3 Å². The quantitative estimate of drug-likeness (QED) is 0.675.